The van der Waals surface area contributed by atoms with E-state index < -0.39 is 10.0 Å². The minimum absolute atomic E-state index is 0.0476. The molecule has 19 heavy (non-hydrogen) atoms. The molecule has 0 aliphatic carbocycles. The van der Waals surface area contributed by atoms with Gasteiger partial charge in [-0.05, 0) is 48.8 Å². The van der Waals surface area contributed by atoms with Gasteiger partial charge in [-0.3, -0.25) is 0 Å². The van der Waals surface area contributed by atoms with E-state index in [4.69, 9.17) is 5.73 Å². The maximum absolute atomic E-state index is 12.3. The van der Waals surface area contributed by atoms with E-state index in [9.17, 15) is 8.42 Å². The van der Waals surface area contributed by atoms with Crippen molar-refractivity contribution in [1.82, 2.24) is 4.72 Å². The van der Waals surface area contributed by atoms with Gasteiger partial charge in [-0.2, -0.15) is 11.8 Å². The van der Waals surface area contributed by atoms with Gasteiger partial charge < -0.3 is 5.73 Å². The number of hydrogen-bond acceptors (Lipinski definition) is 4. The summed E-state index contributed by atoms with van der Waals surface area (Å²) in [6.07, 6.45) is 1.99. The van der Waals surface area contributed by atoms with Gasteiger partial charge >= 0.3 is 0 Å². The molecule has 1 aliphatic heterocycles. The van der Waals surface area contributed by atoms with Gasteiger partial charge in [0, 0.05) is 18.3 Å². The normalized spacial score (nSPS) is 20.4. The first-order valence-electron chi connectivity index (χ1n) is 6.42. The highest BCUT2D eigenvalue weighted by Crippen LogP contribution is 2.20. The Bertz CT molecular complexity index is 538. The third-order valence-corrected chi connectivity index (χ3v) is 6.07. The molecule has 1 aromatic carbocycles. The molecule has 1 aliphatic rings. The molecule has 0 spiro atoms. The van der Waals surface area contributed by atoms with Crippen molar-refractivity contribution in [3.63, 3.8) is 0 Å². The predicted molar refractivity (Wildman–Crippen MR) is 79.7 cm³/mol. The van der Waals surface area contributed by atoms with E-state index in [1.165, 1.54) is 0 Å². The standard InChI is InChI=1S/C13H20N2O2S2/c1-10-4-5-13(7-11(10)8-14)19(16,17)15-12-3-2-6-18-9-12/h4-5,7,12,15H,2-3,6,8-9,14H2,1H3. The molecule has 1 aromatic rings. The molecule has 1 heterocycles. The second-order valence-corrected chi connectivity index (χ2v) is 7.69. The van der Waals surface area contributed by atoms with Crippen LogP contribution in [0, 0.1) is 6.92 Å². The summed E-state index contributed by atoms with van der Waals surface area (Å²) in [5, 5.41) is 0. The van der Waals surface area contributed by atoms with E-state index in [0.29, 0.717) is 11.4 Å². The number of sulfonamides is 1. The fraction of sp³-hybridized carbons (Fsp3) is 0.538. The summed E-state index contributed by atoms with van der Waals surface area (Å²) in [4.78, 5) is 0.314. The number of nitrogens with two attached hydrogens (primary N) is 1. The van der Waals surface area contributed by atoms with E-state index in [2.05, 4.69) is 4.72 Å². The largest absolute Gasteiger partial charge is 0.326 e. The van der Waals surface area contributed by atoms with Gasteiger partial charge in [-0.25, -0.2) is 13.1 Å². The molecule has 0 bridgehead atoms. The summed E-state index contributed by atoms with van der Waals surface area (Å²) < 4.78 is 27.4. The second-order valence-electron chi connectivity index (χ2n) is 4.83. The average molecular weight is 300 g/mol. The SMILES string of the molecule is Cc1ccc(S(=O)(=O)NC2CCCSC2)cc1CN. The predicted octanol–water partition coefficient (Wildman–Crippen LogP) is 1.63. The summed E-state index contributed by atoms with van der Waals surface area (Å²) in [6, 6.07) is 5.18. The van der Waals surface area contributed by atoms with Crippen molar-refractivity contribution in [3.8, 4) is 0 Å². The van der Waals surface area contributed by atoms with Crippen LogP contribution in [0.5, 0.6) is 0 Å². The number of nitrogens with one attached hydrogen (secondary N) is 1. The highest BCUT2D eigenvalue weighted by atomic mass is 32.2. The van der Waals surface area contributed by atoms with Crippen LogP contribution in [0.4, 0.5) is 0 Å². The second kappa shape index (κ2) is 6.26. The monoisotopic (exact) mass is 300 g/mol. The molecule has 3 N–H and O–H groups in total. The van der Waals surface area contributed by atoms with Crippen LogP contribution in [0.15, 0.2) is 23.1 Å². The summed E-state index contributed by atoms with van der Waals surface area (Å²) >= 11 is 1.80. The average Bonchev–Trinajstić information content (AvgIpc) is 2.39. The molecule has 1 fully saturated rings. The molecule has 106 valence electrons. The van der Waals surface area contributed by atoms with Gasteiger partial charge in [0.25, 0.3) is 0 Å². The lowest BCUT2D eigenvalue weighted by atomic mass is 10.1. The Labute approximate surface area is 119 Å². The van der Waals surface area contributed by atoms with Crippen molar-refractivity contribution in [1.29, 1.82) is 0 Å². The summed E-state index contributed by atoms with van der Waals surface area (Å²) in [5.41, 5.74) is 7.53. The molecular weight excluding hydrogens is 280 g/mol. The molecular formula is C13H20N2O2S2. The molecule has 6 heteroatoms. The van der Waals surface area contributed by atoms with Crippen LogP contribution in [0.3, 0.4) is 0 Å². The minimum atomic E-state index is -3.43. The van der Waals surface area contributed by atoms with E-state index in [1.807, 2.05) is 13.0 Å². The first kappa shape index (κ1) is 14.8. The van der Waals surface area contributed by atoms with Crippen LogP contribution >= 0.6 is 11.8 Å². The van der Waals surface area contributed by atoms with Gasteiger partial charge in [-0.1, -0.05) is 6.07 Å². The number of rotatable bonds is 4. The maximum atomic E-state index is 12.3. The summed E-state index contributed by atoms with van der Waals surface area (Å²) in [7, 11) is -3.43. The van der Waals surface area contributed by atoms with Crippen LogP contribution in [0.2, 0.25) is 0 Å². The summed E-state index contributed by atoms with van der Waals surface area (Å²) in [6.45, 7) is 2.29. The van der Waals surface area contributed by atoms with Crippen LogP contribution in [-0.2, 0) is 16.6 Å². The number of aryl methyl sites for hydroxylation is 1. The minimum Gasteiger partial charge on any atom is -0.326 e. The van der Waals surface area contributed by atoms with Crippen molar-refractivity contribution in [2.24, 2.45) is 5.73 Å². The molecule has 1 atom stereocenters. The van der Waals surface area contributed by atoms with E-state index in [0.717, 1.165) is 35.5 Å². The Morgan fingerprint density at radius 3 is 2.89 bits per heavy atom. The topological polar surface area (TPSA) is 72.2 Å². The molecule has 0 radical (unpaired) electrons. The molecule has 2 rings (SSSR count). The molecule has 0 saturated carbocycles. The summed E-state index contributed by atoms with van der Waals surface area (Å²) in [5.74, 6) is 1.98. The first-order valence-corrected chi connectivity index (χ1v) is 9.06. The highest BCUT2D eigenvalue weighted by Gasteiger charge is 2.22. The van der Waals surface area contributed by atoms with Crippen LogP contribution < -0.4 is 10.5 Å². The molecule has 1 unspecified atom stereocenters. The molecule has 0 amide bonds. The molecule has 1 saturated heterocycles. The Morgan fingerprint density at radius 2 is 2.26 bits per heavy atom. The van der Waals surface area contributed by atoms with E-state index in [1.54, 1.807) is 23.9 Å². The lowest BCUT2D eigenvalue weighted by Crippen LogP contribution is -2.38. The van der Waals surface area contributed by atoms with Crippen LogP contribution in [0.1, 0.15) is 24.0 Å². The van der Waals surface area contributed by atoms with Gasteiger partial charge in [0.1, 0.15) is 0 Å². The fourth-order valence-corrected chi connectivity index (χ4v) is 4.65. The van der Waals surface area contributed by atoms with Crippen molar-refractivity contribution < 1.29 is 8.42 Å². The van der Waals surface area contributed by atoms with E-state index >= 15 is 0 Å². The third kappa shape index (κ3) is 3.72. The molecule has 4 nitrogen and oxygen atoms in total. The van der Waals surface area contributed by atoms with Gasteiger partial charge in [0.05, 0.1) is 4.90 Å². The maximum Gasteiger partial charge on any atom is 0.240 e. The lowest BCUT2D eigenvalue weighted by Gasteiger charge is -2.22. The number of hydrogen-bond donors (Lipinski definition) is 2. The Kier molecular flexibility index (Phi) is 4.89. The first-order chi connectivity index (χ1) is 9.03. The fourth-order valence-electron chi connectivity index (χ4n) is 2.16. The van der Waals surface area contributed by atoms with E-state index in [-0.39, 0.29) is 6.04 Å². The van der Waals surface area contributed by atoms with Crippen molar-refractivity contribution in [3.05, 3.63) is 29.3 Å². The molecule has 0 aromatic heterocycles. The van der Waals surface area contributed by atoms with Crippen molar-refractivity contribution in [2.45, 2.75) is 37.2 Å². The highest BCUT2D eigenvalue weighted by molar-refractivity contribution is 7.99. The van der Waals surface area contributed by atoms with Crippen molar-refractivity contribution in [2.75, 3.05) is 11.5 Å². The zero-order chi connectivity index (χ0) is 13.9. The quantitative estimate of drug-likeness (QED) is 0.886. The lowest BCUT2D eigenvalue weighted by molar-refractivity contribution is 0.543. The van der Waals surface area contributed by atoms with Gasteiger partial charge in [-0.15, -0.1) is 0 Å². The Morgan fingerprint density at radius 1 is 1.47 bits per heavy atom. The van der Waals surface area contributed by atoms with Crippen molar-refractivity contribution >= 4 is 21.8 Å². The van der Waals surface area contributed by atoms with Gasteiger partial charge in [0.2, 0.25) is 10.0 Å². The van der Waals surface area contributed by atoms with Crippen LogP contribution in [-0.4, -0.2) is 26.0 Å². The third-order valence-electron chi connectivity index (χ3n) is 3.33. The zero-order valence-corrected chi connectivity index (χ0v) is 12.7. The number of thioether (sulfide) groups is 1. The van der Waals surface area contributed by atoms with Gasteiger partial charge in [0.15, 0.2) is 0 Å². The zero-order valence-electron chi connectivity index (χ0n) is 11.1. The Balaban J connectivity index is 2.18. The van der Waals surface area contributed by atoms with Crippen LogP contribution in [0.25, 0.3) is 0 Å². The smallest absolute Gasteiger partial charge is 0.240 e. The number of benzene rings is 1. The Hall–Kier alpha value is -0.560.